The molecule has 0 unspecified atom stereocenters. The molecule has 4 nitrogen and oxygen atoms in total. The number of aromatic nitrogens is 1. The van der Waals surface area contributed by atoms with E-state index in [4.69, 9.17) is 5.73 Å². The van der Waals surface area contributed by atoms with Crippen LogP contribution in [0.25, 0.3) is 0 Å². The quantitative estimate of drug-likeness (QED) is 0.638. The van der Waals surface area contributed by atoms with Crippen molar-refractivity contribution in [2.45, 2.75) is 13.1 Å². The number of nitrogens with zero attached hydrogens (tertiary/aromatic N) is 2. The number of aliphatic imine (C=N–C) groups is 1. The molecule has 0 aliphatic carbocycles. The maximum absolute atomic E-state index is 5.75. The number of nitrogens with two attached hydrogens (primary N) is 1. The van der Waals surface area contributed by atoms with E-state index in [9.17, 15) is 0 Å². The van der Waals surface area contributed by atoms with Crippen LogP contribution in [0, 0.1) is 0 Å². The second-order valence-corrected chi connectivity index (χ2v) is 4.45. The summed E-state index contributed by atoms with van der Waals surface area (Å²) in [4.78, 5) is 8.41. The van der Waals surface area contributed by atoms with Crippen molar-refractivity contribution in [3.63, 3.8) is 0 Å². The number of thiazole rings is 1. The van der Waals surface area contributed by atoms with E-state index >= 15 is 0 Å². The molecular formula is C12H14N4S. The Kier molecular flexibility index (Phi) is 4.10. The molecule has 1 aromatic heterocycles. The fourth-order valence-corrected chi connectivity index (χ4v) is 1.88. The van der Waals surface area contributed by atoms with Gasteiger partial charge in [0.15, 0.2) is 5.96 Å². The molecule has 0 fully saturated rings. The number of rotatable bonds is 4. The summed E-state index contributed by atoms with van der Waals surface area (Å²) in [5, 5.41) is 5.97. The lowest BCUT2D eigenvalue weighted by Gasteiger charge is -2.03. The lowest BCUT2D eigenvalue weighted by atomic mass is 10.2. The lowest BCUT2D eigenvalue weighted by molar-refractivity contribution is 0.875. The Bertz CT molecular complexity index is 465. The van der Waals surface area contributed by atoms with Gasteiger partial charge in [-0.3, -0.25) is 0 Å². The number of nitrogens with one attached hydrogen (secondary N) is 1. The van der Waals surface area contributed by atoms with E-state index in [-0.39, 0.29) is 0 Å². The first kappa shape index (κ1) is 11.6. The van der Waals surface area contributed by atoms with Crippen molar-refractivity contribution >= 4 is 17.3 Å². The summed E-state index contributed by atoms with van der Waals surface area (Å²) >= 11 is 1.60. The van der Waals surface area contributed by atoms with E-state index < -0.39 is 0 Å². The van der Waals surface area contributed by atoms with Gasteiger partial charge in [-0.1, -0.05) is 30.3 Å². The molecule has 2 aromatic rings. The summed E-state index contributed by atoms with van der Waals surface area (Å²) in [5.74, 6) is 0.448. The monoisotopic (exact) mass is 246 g/mol. The fourth-order valence-electron chi connectivity index (χ4n) is 1.32. The molecule has 2 rings (SSSR count). The zero-order chi connectivity index (χ0) is 11.9. The summed E-state index contributed by atoms with van der Waals surface area (Å²) < 4.78 is 0. The summed E-state index contributed by atoms with van der Waals surface area (Å²) in [5.41, 5.74) is 6.90. The van der Waals surface area contributed by atoms with Crippen molar-refractivity contribution < 1.29 is 0 Å². The van der Waals surface area contributed by atoms with Gasteiger partial charge in [-0.05, 0) is 5.56 Å². The Morgan fingerprint density at radius 3 is 2.88 bits per heavy atom. The first-order valence-corrected chi connectivity index (χ1v) is 6.18. The molecule has 0 radical (unpaired) electrons. The number of benzene rings is 1. The third-order valence-electron chi connectivity index (χ3n) is 2.18. The SMILES string of the molecule is NC(=NCc1ccccc1)NCc1nccs1. The first-order chi connectivity index (χ1) is 8.34. The molecule has 5 heteroatoms. The normalized spacial score (nSPS) is 11.4. The predicted octanol–water partition coefficient (Wildman–Crippen LogP) is 1.75. The van der Waals surface area contributed by atoms with Crippen LogP contribution in [-0.4, -0.2) is 10.9 Å². The van der Waals surface area contributed by atoms with Crippen LogP contribution in [0.4, 0.5) is 0 Å². The second-order valence-electron chi connectivity index (χ2n) is 3.47. The molecule has 0 aliphatic rings. The van der Waals surface area contributed by atoms with Crippen molar-refractivity contribution in [3.8, 4) is 0 Å². The van der Waals surface area contributed by atoms with E-state index in [1.807, 2.05) is 35.7 Å². The molecule has 0 saturated carbocycles. The van der Waals surface area contributed by atoms with Gasteiger partial charge in [-0.25, -0.2) is 9.98 Å². The van der Waals surface area contributed by atoms with Crippen molar-refractivity contribution in [1.82, 2.24) is 10.3 Å². The lowest BCUT2D eigenvalue weighted by Crippen LogP contribution is -2.31. The summed E-state index contributed by atoms with van der Waals surface area (Å²) in [7, 11) is 0. The third-order valence-corrected chi connectivity index (χ3v) is 2.96. The molecule has 1 aromatic carbocycles. The van der Waals surface area contributed by atoms with Crippen molar-refractivity contribution in [1.29, 1.82) is 0 Å². The van der Waals surface area contributed by atoms with Crippen molar-refractivity contribution in [2.75, 3.05) is 0 Å². The fraction of sp³-hybridized carbons (Fsp3) is 0.167. The average molecular weight is 246 g/mol. The Morgan fingerprint density at radius 1 is 1.35 bits per heavy atom. The average Bonchev–Trinajstić information content (AvgIpc) is 2.88. The van der Waals surface area contributed by atoms with Gasteiger partial charge in [0, 0.05) is 11.6 Å². The molecule has 0 aliphatic heterocycles. The van der Waals surface area contributed by atoms with Crippen LogP contribution in [0.5, 0.6) is 0 Å². The highest BCUT2D eigenvalue weighted by molar-refractivity contribution is 7.09. The van der Waals surface area contributed by atoms with E-state index in [0.717, 1.165) is 10.6 Å². The largest absolute Gasteiger partial charge is 0.370 e. The van der Waals surface area contributed by atoms with Gasteiger partial charge in [0.2, 0.25) is 0 Å². The van der Waals surface area contributed by atoms with E-state index in [0.29, 0.717) is 19.0 Å². The highest BCUT2D eigenvalue weighted by Gasteiger charge is 1.96. The van der Waals surface area contributed by atoms with Gasteiger partial charge in [0.05, 0.1) is 13.1 Å². The maximum atomic E-state index is 5.75. The van der Waals surface area contributed by atoms with Crippen LogP contribution in [0.15, 0.2) is 46.9 Å². The number of hydrogen-bond acceptors (Lipinski definition) is 3. The molecule has 1 heterocycles. The van der Waals surface area contributed by atoms with Crippen molar-refractivity contribution in [2.24, 2.45) is 10.7 Å². The molecule has 17 heavy (non-hydrogen) atoms. The molecule has 0 amide bonds. The molecule has 0 saturated heterocycles. The minimum atomic E-state index is 0.448. The summed E-state index contributed by atoms with van der Waals surface area (Å²) in [6, 6.07) is 10.0. The highest BCUT2D eigenvalue weighted by atomic mass is 32.1. The molecule has 0 atom stereocenters. The highest BCUT2D eigenvalue weighted by Crippen LogP contribution is 2.02. The van der Waals surface area contributed by atoms with Crippen LogP contribution in [-0.2, 0) is 13.1 Å². The molecule has 3 N–H and O–H groups in total. The molecule has 88 valence electrons. The van der Waals surface area contributed by atoms with Crippen LogP contribution in [0.3, 0.4) is 0 Å². The van der Waals surface area contributed by atoms with Gasteiger partial charge in [-0.15, -0.1) is 11.3 Å². The topological polar surface area (TPSA) is 63.3 Å². The Balaban J connectivity index is 1.81. The zero-order valence-corrected chi connectivity index (χ0v) is 10.2. The van der Waals surface area contributed by atoms with E-state index in [1.54, 1.807) is 17.5 Å². The van der Waals surface area contributed by atoms with Crippen LogP contribution >= 0.6 is 11.3 Å². The standard InChI is InChI=1S/C12H14N4S/c13-12(16-9-11-14-6-7-17-11)15-8-10-4-2-1-3-5-10/h1-7H,8-9H2,(H3,13,15,16). The third kappa shape index (κ3) is 3.88. The molecule has 0 spiro atoms. The van der Waals surface area contributed by atoms with Crippen molar-refractivity contribution in [3.05, 3.63) is 52.5 Å². The minimum absolute atomic E-state index is 0.448. The van der Waals surface area contributed by atoms with Crippen LogP contribution in [0.2, 0.25) is 0 Å². The van der Waals surface area contributed by atoms with Gasteiger partial charge in [-0.2, -0.15) is 0 Å². The minimum Gasteiger partial charge on any atom is -0.370 e. The first-order valence-electron chi connectivity index (χ1n) is 5.30. The predicted molar refractivity (Wildman–Crippen MR) is 70.7 cm³/mol. The van der Waals surface area contributed by atoms with E-state index in [2.05, 4.69) is 15.3 Å². The molecule has 0 bridgehead atoms. The number of hydrogen-bond donors (Lipinski definition) is 2. The van der Waals surface area contributed by atoms with Gasteiger partial charge in [0.1, 0.15) is 5.01 Å². The smallest absolute Gasteiger partial charge is 0.189 e. The molecular weight excluding hydrogens is 232 g/mol. The summed E-state index contributed by atoms with van der Waals surface area (Å²) in [6.07, 6.45) is 1.78. The Labute approximate surface area is 104 Å². The zero-order valence-electron chi connectivity index (χ0n) is 9.34. The van der Waals surface area contributed by atoms with Gasteiger partial charge in [0.25, 0.3) is 0 Å². The van der Waals surface area contributed by atoms with Crippen LogP contribution < -0.4 is 11.1 Å². The Hall–Kier alpha value is -1.88. The van der Waals surface area contributed by atoms with E-state index in [1.165, 1.54) is 0 Å². The maximum Gasteiger partial charge on any atom is 0.189 e. The number of guanidine groups is 1. The van der Waals surface area contributed by atoms with Gasteiger partial charge >= 0.3 is 0 Å². The second kappa shape index (κ2) is 6.00. The van der Waals surface area contributed by atoms with Crippen LogP contribution in [0.1, 0.15) is 10.6 Å². The van der Waals surface area contributed by atoms with Gasteiger partial charge < -0.3 is 11.1 Å². The summed E-state index contributed by atoms with van der Waals surface area (Å²) in [6.45, 7) is 1.22. The Morgan fingerprint density at radius 2 is 2.18 bits per heavy atom.